The largest absolute Gasteiger partial charge is 0.573 e. The van der Waals surface area contributed by atoms with E-state index >= 15 is 0 Å². The molecule has 0 spiro atoms. The Labute approximate surface area is 193 Å². The molecule has 0 fully saturated rings. The number of hydrogen-bond donors (Lipinski definition) is 1. The zero-order chi connectivity index (χ0) is 24.3. The molecule has 0 amide bonds. The predicted molar refractivity (Wildman–Crippen MR) is 119 cm³/mol. The van der Waals surface area contributed by atoms with E-state index in [1.807, 2.05) is 19.1 Å². The lowest BCUT2D eigenvalue weighted by atomic mass is 10.1. The standard InChI is InChI=1S/C24H19F3N2O4S/c1-16-7-5-6-10-20(16)21-29-23(34(30,31)19-8-3-2-4-9-19)22(32-21)28-15-17-11-13-18(14-12-17)33-24(25,26)27/h2-14,28H,15H2,1H3. The van der Waals surface area contributed by atoms with Crippen LogP contribution in [-0.2, 0) is 16.4 Å². The van der Waals surface area contributed by atoms with Gasteiger partial charge in [-0.2, -0.15) is 4.98 Å². The van der Waals surface area contributed by atoms with Crippen molar-refractivity contribution >= 4 is 15.7 Å². The molecule has 0 unspecified atom stereocenters. The van der Waals surface area contributed by atoms with E-state index in [1.54, 1.807) is 30.3 Å². The molecule has 0 saturated heterocycles. The lowest BCUT2D eigenvalue weighted by Crippen LogP contribution is -2.17. The van der Waals surface area contributed by atoms with Gasteiger partial charge in [0.05, 0.1) is 4.90 Å². The molecule has 10 heteroatoms. The van der Waals surface area contributed by atoms with Crippen molar-refractivity contribution in [1.82, 2.24) is 4.98 Å². The average Bonchev–Trinajstić information content (AvgIpc) is 3.23. The Balaban J connectivity index is 1.66. The summed E-state index contributed by atoms with van der Waals surface area (Å²) in [5.74, 6) is -0.299. The Hall–Kier alpha value is -3.79. The van der Waals surface area contributed by atoms with Gasteiger partial charge < -0.3 is 14.5 Å². The van der Waals surface area contributed by atoms with E-state index in [2.05, 4.69) is 15.0 Å². The number of nitrogens with one attached hydrogen (secondary N) is 1. The molecule has 0 atom stereocenters. The van der Waals surface area contributed by atoms with Crippen LogP contribution in [0.5, 0.6) is 5.75 Å². The normalized spacial score (nSPS) is 11.9. The summed E-state index contributed by atoms with van der Waals surface area (Å²) in [7, 11) is -4.01. The van der Waals surface area contributed by atoms with Crippen LogP contribution in [0.4, 0.5) is 19.1 Å². The van der Waals surface area contributed by atoms with Crippen molar-refractivity contribution < 1.29 is 30.7 Å². The molecule has 1 heterocycles. The minimum Gasteiger partial charge on any atom is -0.419 e. The number of hydrogen-bond acceptors (Lipinski definition) is 6. The number of benzene rings is 3. The summed E-state index contributed by atoms with van der Waals surface area (Å²) in [6.45, 7) is 1.93. The Morgan fingerprint density at radius 2 is 1.59 bits per heavy atom. The van der Waals surface area contributed by atoms with Gasteiger partial charge in [0.1, 0.15) is 5.75 Å². The third-order valence-electron chi connectivity index (χ3n) is 4.89. The van der Waals surface area contributed by atoms with E-state index in [0.29, 0.717) is 11.1 Å². The average molecular weight is 488 g/mol. The van der Waals surface area contributed by atoms with Crippen LogP contribution in [0.1, 0.15) is 11.1 Å². The summed E-state index contributed by atoms with van der Waals surface area (Å²) in [6, 6.07) is 20.3. The fourth-order valence-electron chi connectivity index (χ4n) is 3.23. The molecule has 3 aromatic carbocycles. The smallest absolute Gasteiger partial charge is 0.419 e. The van der Waals surface area contributed by atoms with Crippen LogP contribution >= 0.6 is 0 Å². The van der Waals surface area contributed by atoms with E-state index in [-0.39, 0.29) is 34.0 Å². The molecule has 0 aliphatic rings. The molecule has 6 nitrogen and oxygen atoms in total. The van der Waals surface area contributed by atoms with Gasteiger partial charge in [-0.15, -0.1) is 13.2 Å². The molecule has 1 N–H and O–H groups in total. The molecule has 0 aliphatic carbocycles. The monoisotopic (exact) mass is 488 g/mol. The molecular formula is C24H19F3N2O4S. The number of aromatic nitrogens is 1. The van der Waals surface area contributed by atoms with Crippen molar-refractivity contribution in [1.29, 1.82) is 0 Å². The molecule has 4 rings (SSSR count). The lowest BCUT2D eigenvalue weighted by Gasteiger charge is -2.10. The number of aryl methyl sites for hydroxylation is 1. The van der Waals surface area contributed by atoms with E-state index in [1.165, 1.54) is 36.4 Å². The minimum atomic E-state index is -4.79. The predicted octanol–water partition coefficient (Wildman–Crippen LogP) is 5.99. The zero-order valence-electron chi connectivity index (χ0n) is 17.8. The van der Waals surface area contributed by atoms with E-state index < -0.39 is 16.2 Å². The first-order valence-electron chi connectivity index (χ1n) is 10.1. The maximum atomic E-state index is 13.3. The van der Waals surface area contributed by atoms with Crippen LogP contribution < -0.4 is 10.1 Å². The first kappa shape index (κ1) is 23.4. The quantitative estimate of drug-likeness (QED) is 0.344. The second kappa shape index (κ2) is 9.22. The third-order valence-corrected chi connectivity index (χ3v) is 6.57. The topological polar surface area (TPSA) is 81.4 Å². The molecule has 1 aromatic heterocycles. The maximum Gasteiger partial charge on any atom is 0.573 e. The summed E-state index contributed by atoms with van der Waals surface area (Å²) >= 11 is 0. The van der Waals surface area contributed by atoms with Crippen molar-refractivity contribution in [3.8, 4) is 17.2 Å². The fraction of sp³-hybridized carbons (Fsp3) is 0.125. The van der Waals surface area contributed by atoms with E-state index in [4.69, 9.17) is 4.42 Å². The third kappa shape index (κ3) is 5.23. The minimum absolute atomic E-state index is 0.0522. The molecule has 4 aromatic rings. The van der Waals surface area contributed by atoms with Gasteiger partial charge in [-0.05, 0) is 48.4 Å². The molecule has 0 bridgehead atoms. The number of anilines is 1. The van der Waals surface area contributed by atoms with Gasteiger partial charge in [0.15, 0.2) is 0 Å². The number of nitrogens with zero attached hydrogens (tertiary/aromatic N) is 1. The van der Waals surface area contributed by atoms with Crippen LogP contribution in [0.25, 0.3) is 11.5 Å². The molecule has 176 valence electrons. The summed E-state index contributed by atoms with van der Waals surface area (Å²) in [5.41, 5.74) is 2.05. The van der Waals surface area contributed by atoms with Crippen molar-refractivity contribution in [2.75, 3.05) is 5.32 Å². The number of oxazole rings is 1. The highest BCUT2D eigenvalue weighted by atomic mass is 32.2. The Kier molecular flexibility index (Phi) is 6.34. The number of sulfone groups is 1. The molecular weight excluding hydrogens is 469 g/mol. The highest BCUT2D eigenvalue weighted by Crippen LogP contribution is 2.34. The SMILES string of the molecule is Cc1ccccc1-c1nc(S(=O)(=O)c2ccccc2)c(NCc2ccc(OC(F)(F)F)cc2)o1. The maximum absolute atomic E-state index is 13.3. The highest BCUT2D eigenvalue weighted by Gasteiger charge is 2.31. The highest BCUT2D eigenvalue weighted by molar-refractivity contribution is 7.91. The molecule has 34 heavy (non-hydrogen) atoms. The van der Waals surface area contributed by atoms with Crippen LogP contribution in [0.15, 0.2) is 93.2 Å². The van der Waals surface area contributed by atoms with Gasteiger partial charge in [-0.3, -0.25) is 0 Å². The lowest BCUT2D eigenvalue weighted by molar-refractivity contribution is -0.274. The number of rotatable bonds is 7. The number of alkyl halides is 3. The molecule has 0 aliphatic heterocycles. The van der Waals surface area contributed by atoms with Gasteiger partial charge in [-0.25, -0.2) is 8.42 Å². The second-order valence-electron chi connectivity index (χ2n) is 7.33. The Morgan fingerprint density at radius 1 is 0.941 bits per heavy atom. The first-order valence-corrected chi connectivity index (χ1v) is 11.6. The summed E-state index contributed by atoms with van der Waals surface area (Å²) in [6.07, 6.45) is -4.79. The van der Waals surface area contributed by atoms with Gasteiger partial charge in [0, 0.05) is 12.1 Å². The van der Waals surface area contributed by atoms with Gasteiger partial charge >= 0.3 is 6.36 Å². The fourth-order valence-corrected chi connectivity index (χ4v) is 4.53. The van der Waals surface area contributed by atoms with Crippen molar-refractivity contribution in [3.63, 3.8) is 0 Å². The van der Waals surface area contributed by atoms with Gasteiger partial charge in [-0.1, -0.05) is 48.5 Å². The molecule has 0 radical (unpaired) electrons. The Morgan fingerprint density at radius 3 is 2.24 bits per heavy atom. The number of halogens is 3. The first-order chi connectivity index (χ1) is 16.1. The zero-order valence-corrected chi connectivity index (χ0v) is 18.7. The van der Waals surface area contributed by atoms with Crippen LogP contribution in [0.2, 0.25) is 0 Å². The summed E-state index contributed by atoms with van der Waals surface area (Å²) in [5, 5.41) is 2.63. The van der Waals surface area contributed by atoms with Crippen LogP contribution in [0, 0.1) is 6.92 Å². The Bertz CT molecular complexity index is 1380. The number of ether oxygens (including phenoxy) is 1. The van der Waals surface area contributed by atoms with Crippen molar-refractivity contribution in [2.24, 2.45) is 0 Å². The van der Waals surface area contributed by atoms with Crippen LogP contribution in [0.3, 0.4) is 0 Å². The van der Waals surface area contributed by atoms with Gasteiger partial charge in [0.25, 0.3) is 0 Å². The summed E-state index contributed by atoms with van der Waals surface area (Å²) in [4.78, 5) is 4.35. The molecule has 0 saturated carbocycles. The summed E-state index contributed by atoms with van der Waals surface area (Å²) < 4.78 is 73.4. The van der Waals surface area contributed by atoms with E-state index in [9.17, 15) is 21.6 Å². The van der Waals surface area contributed by atoms with Gasteiger partial charge in [0.2, 0.25) is 26.6 Å². The van der Waals surface area contributed by atoms with Crippen molar-refractivity contribution in [2.45, 2.75) is 29.8 Å². The van der Waals surface area contributed by atoms with Crippen LogP contribution in [-0.4, -0.2) is 19.8 Å². The second-order valence-corrected chi connectivity index (χ2v) is 9.19. The van der Waals surface area contributed by atoms with Crippen molar-refractivity contribution in [3.05, 3.63) is 90.0 Å². The van der Waals surface area contributed by atoms with E-state index in [0.717, 1.165) is 5.56 Å².